The number of azo groups is 1. The number of rotatable bonds is 1. The molecule has 13 heavy (non-hydrogen) atoms. The van der Waals surface area contributed by atoms with Crippen LogP contribution < -0.4 is 5.73 Å². The molecular formula is C8H7N5. The topological polar surface area (TPSA) is 75.5 Å². The molecule has 64 valence electrons. The molecule has 0 saturated carbocycles. The lowest BCUT2D eigenvalue weighted by atomic mass is 10.3. The average molecular weight is 173 g/mol. The number of aliphatic imine (C=N–C) groups is 2. The van der Waals surface area contributed by atoms with Gasteiger partial charge in [0.15, 0.2) is 0 Å². The summed E-state index contributed by atoms with van der Waals surface area (Å²) in [6.07, 6.45) is 0. The predicted molar refractivity (Wildman–Crippen MR) is 50.0 cm³/mol. The normalized spacial score (nSPS) is 17.8. The van der Waals surface area contributed by atoms with Gasteiger partial charge in [-0.2, -0.15) is 4.99 Å². The van der Waals surface area contributed by atoms with Crippen LogP contribution in [0.5, 0.6) is 0 Å². The van der Waals surface area contributed by atoms with Crippen molar-refractivity contribution in [2.45, 2.75) is 0 Å². The van der Waals surface area contributed by atoms with E-state index in [1.165, 1.54) is 0 Å². The second kappa shape index (κ2) is 3.14. The molecule has 0 bridgehead atoms. The van der Waals surface area contributed by atoms with E-state index in [9.17, 15) is 0 Å². The van der Waals surface area contributed by atoms with Gasteiger partial charge in [-0.25, -0.2) is 4.99 Å². The van der Waals surface area contributed by atoms with Crippen molar-refractivity contribution in [3.63, 3.8) is 0 Å². The third kappa shape index (κ3) is 1.76. The summed E-state index contributed by atoms with van der Waals surface area (Å²) in [5.41, 5.74) is 6.07. The maximum absolute atomic E-state index is 5.29. The standard InChI is InChI=1S/C8H7N5/c9-7-11-8(13-12-7)10-6-4-2-1-3-5-6/h1-5H,(H2,9,10,11). The van der Waals surface area contributed by atoms with E-state index in [2.05, 4.69) is 20.2 Å². The largest absolute Gasteiger partial charge is 0.366 e. The molecule has 0 aliphatic carbocycles. The molecule has 1 aromatic rings. The Labute approximate surface area is 74.7 Å². The Balaban J connectivity index is 2.28. The van der Waals surface area contributed by atoms with Crippen LogP contribution in [-0.2, 0) is 0 Å². The van der Waals surface area contributed by atoms with Crippen molar-refractivity contribution in [3.8, 4) is 0 Å². The van der Waals surface area contributed by atoms with E-state index in [-0.39, 0.29) is 5.96 Å². The van der Waals surface area contributed by atoms with Crippen LogP contribution in [0.15, 0.2) is 50.5 Å². The van der Waals surface area contributed by atoms with Crippen LogP contribution in [0.1, 0.15) is 0 Å². The van der Waals surface area contributed by atoms with Gasteiger partial charge < -0.3 is 5.73 Å². The zero-order valence-electron chi connectivity index (χ0n) is 6.75. The van der Waals surface area contributed by atoms with Crippen molar-refractivity contribution in [2.24, 2.45) is 25.9 Å². The minimum atomic E-state index is 0.148. The van der Waals surface area contributed by atoms with Gasteiger partial charge in [-0.05, 0) is 12.1 Å². The smallest absolute Gasteiger partial charge is 0.272 e. The molecule has 1 aromatic carbocycles. The zero-order chi connectivity index (χ0) is 9.10. The molecule has 0 aromatic heterocycles. The van der Waals surface area contributed by atoms with Gasteiger partial charge in [0.2, 0.25) is 5.96 Å². The minimum absolute atomic E-state index is 0.148. The van der Waals surface area contributed by atoms with Gasteiger partial charge in [0, 0.05) is 0 Å². The summed E-state index contributed by atoms with van der Waals surface area (Å²) in [5.74, 6) is 0.443. The molecular weight excluding hydrogens is 166 g/mol. The van der Waals surface area contributed by atoms with Crippen molar-refractivity contribution in [1.29, 1.82) is 0 Å². The SMILES string of the molecule is NC1=NC(=Nc2ccccc2)N=N1. The van der Waals surface area contributed by atoms with Gasteiger partial charge in [-0.15, -0.1) is 10.2 Å². The lowest BCUT2D eigenvalue weighted by Gasteiger charge is -1.89. The van der Waals surface area contributed by atoms with E-state index in [4.69, 9.17) is 5.73 Å². The van der Waals surface area contributed by atoms with Crippen LogP contribution in [0, 0.1) is 0 Å². The number of nitrogens with two attached hydrogens (primary N) is 1. The van der Waals surface area contributed by atoms with Gasteiger partial charge in [-0.3, -0.25) is 0 Å². The molecule has 0 spiro atoms. The van der Waals surface area contributed by atoms with E-state index >= 15 is 0 Å². The zero-order valence-corrected chi connectivity index (χ0v) is 6.75. The fraction of sp³-hybridized carbons (Fsp3) is 0. The number of hydrogen-bond donors (Lipinski definition) is 1. The van der Waals surface area contributed by atoms with Crippen LogP contribution in [-0.4, -0.2) is 11.9 Å². The lowest BCUT2D eigenvalue weighted by molar-refractivity contribution is 1.34. The van der Waals surface area contributed by atoms with E-state index in [0.29, 0.717) is 5.96 Å². The molecule has 1 aliphatic rings. The fourth-order valence-electron chi connectivity index (χ4n) is 0.908. The van der Waals surface area contributed by atoms with Gasteiger partial charge in [0.1, 0.15) is 0 Å². The highest BCUT2D eigenvalue weighted by atomic mass is 15.3. The molecule has 0 radical (unpaired) electrons. The minimum Gasteiger partial charge on any atom is -0.366 e. The van der Waals surface area contributed by atoms with Gasteiger partial charge in [0.25, 0.3) is 5.96 Å². The van der Waals surface area contributed by atoms with Crippen molar-refractivity contribution < 1.29 is 0 Å². The number of nitrogens with zero attached hydrogens (tertiary/aromatic N) is 4. The highest BCUT2D eigenvalue weighted by Gasteiger charge is 2.03. The highest BCUT2D eigenvalue weighted by molar-refractivity contribution is 5.99. The van der Waals surface area contributed by atoms with E-state index < -0.39 is 0 Å². The Kier molecular flexibility index (Phi) is 1.84. The summed E-state index contributed by atoms with van der Waals surface area (Å²) in [4.78, 5) is 7.89. The summed E-state index contributed by atoms with van der Waals surface area (Å²) in [7, 11) is 0. The van der Waals surface area contributed by atoms with Crippen molar-refractivity contribution in [1.82, 2.24) is 0 Å². The third-order valence-corrected chi connectivity index (χ3v) is 1.44. The highest BCUT2D eigenvalue weighted by Crippen LogP contribution is 2.11. The average Bonchev–Trinajstić information content (AvgIpc) is 2.53. The van der Waals surface area contributed by atoms with Crippen molar-refractivity contribution in [2.75, 3.05) is 0 Å². The number of para-hydroxylation sites is 1. The van der Waals surface area contributed by atoms with Crippen LogP contribution >= 0.6 is 0 Å². The summed E-state index contributed by atoms with van der Waals surface area (Å²) < 4.78 is 0. The first kappa shape index (κ1) is 7.60. The second-order valence-electron chi connectivity index (χ2n) is 2.42. The van der Waals surface area contributed by atoms with Crippen LogP contribution in [0.25, 0.3) is 0 Å². The number of guanidine groups is 2. The summed E-state index contributed by atoms with van der Waals surface area (Å²) in [6, 6.07) is 9.40. The number of hydrogen-bond acceptors (Lipinski definition) is 3. The molecule has 5 heteroatoms. The Morgan fingerprint density at radius 3 is 2.46 bits per heavy atom. The van der Waals surface area contributed by atoms with Crippen LogP contribution in [0.2, 0.25) is 0 Å². The monoisotopic (exact) mass is 173 g/mol. The Morgan fingerprint density at radius 2 is 1.85 bits per heavy atom. The molecule has 2 N–H and O–H groups in total. The fourth-order valence-corrected chi connectivity index (χ4v) is 0.908. The molecule has 1 heterocycles. The first-order chi connectivity index (χ1) is 6.34. The van der Waals surface area contributed by atoms with E-state index in [0.717, 1.165) is 5.69 Å². The summed E-state index contributed by atoms with van der Waals surface area (Å²) >= 11 is 0. The van der Waals surface area contributed by atoms with Gasteiger partial charge in [-0.1, -0.05) is 18.2 Å². The lowest BCUT2D eigenvalue weighted by Crippen LogP contribution is -2.04. The molecule has 1 aliphatic heterocycles. The molecule has 0 unspecified atom stereocenters. The Morgan fingerprint density at radius 1 is 1.08 bits per heavy atom. The summed E-state index contributed by atoms with van der Waals surface area (Å²) in [6.45, 7) is 0. The predicted octanol–water partition coefficient (Wildman–Crippen LogP) is 1.45. The maximum Gasteiger partial charge on any atom is 0.272 e. The number of benzene rings is 1. The quantitative estimate of drug-likeness (QED) is 0.685. The molecule has 0 fully saturated rings. The van der Waals surface area contributed by atoms with Gasteiger partial charge >= 0.3 is 0 Å². The van der Waals surface area contributed by atoms with E-state index in [1.807, 2.05) is 30.3 Å². The first-order valence-electron chi connectivity index (χ1n) is 3.74. The third-order valence-electron chi connectivity index (χ3n) is 1.44. The maximum atomic E-state index is 5.29. The Bertz CT molecular complexity index is 390. The van der Waals surface area contributed by atoms with E-state index in [1.54, 1.807) is 0 Å². The van der Waals surface area contributed by atoms with Gasteiger partial charge in [0.05, 0.1) is 5.69 Å². The van der Waals surface area contributed by atoms with Crippen molar-refractivity contribution in [3.05, 3.63) is 30.3 Å². The molecule has 5 nitrogen and oxygen atoms in total. The molecule has 0 saturated heterocycles. The second-order valence-corrected chi connectivity index (χ2v) is 2.42. The van der Waals surface area contributed by atoms with Crippen molar-refractivity contribution >= 4 is 17.6 Å². The van der Waals surface area contributed by atoms with Crippen LogP contribution in [0.3, 0.4) is 0 Å². The first-order valence-corrected chi connectivity index (χ1v) is 3.74. The molecule has 2 rings (SSSR count). The molecule has 0 atom stereocenters. The molecule has 0 amide bonds. The Hall–Kier alpha value is -2.04. The summed E-state index contributed by atoms with van der Waals surface area (Å²) in [5, 5.41) is 7.19. The van der Waals surface area contributed by atoms with Crippen LogP contribution in [0.4, 0.5) is 5.69 Å².